The van der Waals surface area contributed by atoms with Crippen LogP contribution in [0.5, 0.6) is 5.75 Å². The smallest absolute Gasteiger partial charge is 0.416 e. The molecule has 3 rings (SSSR count). The third kappa shape index (κ3) is 5.69. The molecule has 0 saturated carbocycles. The van der Waals surface area contributed by atoms with Crippen molar-refractivity contribution < 1.29 is 35.9 Å². The van der Waals surface area contributed by atoms with Gasteiger partial charge in [-0.25, -0.2) is 0 Å². The zero-order valence-electron chi connectivity index (χ0n) is 16.6. The first-order valence-corrected chi connectivity index (χ1v) is 9.41. The van der Waals surface area contributed by atoms with Crippen LogP contribution in [0.3, 0.4) is 0 Å². The van der Waals surface area contributed by atoms with Gasteiger partial charge in [0.1, 0.15) is 5.75 Å². The number of halogens is 6. The summed E-state index contributed by atoms with van der Waals surface area (Å²) < 4.78 is 83.3. The standard InChI is InChI=1S/C21H20F6N2O2/c1-31-18-4-2-14(3-5-18)13-28-6-8-29(9-7-28)19(30)15-10-16(20(22,23)24)12-17(11-15)21(25,26)27/h2-5,10-12H,6-9,13H2,1H3. The first-order chi connectivity index (χ1) is 14.5. The van der Waals surface area contributed by atoms with Crippen LogP contribution in [0, 0.1) is 0 Å². The molecular formula is C21H20F6N2O2. The van der Waals surface area contributed by atoms with E-state index in [2.05, 4.69) is 4.90 Å². The molecule has 168 valence electrons. The number of carbonyl (C=O) groups excluding carboxylic acids is 1. The van der Waals surface area contributed by atoms with Crippen molar-refractivity contribution in [2.24, 2.45) is 0 Å². The Balaban J connectivity index is 1.69. The number of piperazine rings is 1. The summed E-state index contributed by atoms with van der Waals surface area (Å²) in [4.78, 5) is 16.0. The van der Waals surface area contributed by atoms with Gasteiger partial charge >= 0.3 is 12.4 Å². The van der Waals surface area contributed by atoms with Crippen molar-refractivity contribution in [1.29, 1.82) is 0 Å². The van der Waals surface area contributed by atoms with Gasteiger partial charge in [0.05, 0.1) is 18.2 Å². The van der Waals surface area contributed by atoms with Crippen molar-refractivity contribution in [2.75, 3.05) is 33.3 Å². The van der Waals surface area contributed by atoms with E-state index >= 15 is 0 Å². The summed E-state index contributed by atoms with van der Waals surface area (Å²) in [6.45, 7) is 1.90. The molecular weight excluding hydrogens is 426 g/mol. The van der Waals surface area contributed by atoms with Gasteiger partial charge in [0.25, 0.3) is 5.91 Å². The molecule has 1 aliphatic heterocycles. The van der Waals surface area contributed by atoms with Gasteiger partial charge < -0.3 is 9.64 Å². The highest BCUT2D eigenvalue weighted by molar-refractivity contribution is 5.94. The number of rotatable bonds is 4. The summed E-state index contributed by atoms with van der Waals surface area (Å²) in [5.74, 6) is -0.126. The van der Waals surface area contributed by atoms with E-state index in [4.69, 9.17) is 4.74 Å². The second-order valence-corrected chi connectivity index (χ2v) is 7.21. The lowest BCUT2D eigenvalue weighted by molar-refractivity contribution is -0.143. The zero-order chi connectivity index (χ0) is 22.8. The lowest BCUT2D eigenvalue weighted by Crippen LogP contribution is -2.48. The second-order valence-electron chi connectivity index (χ2n) is 7.21. The predicted octanol–water partition coefficient (Wildman–Crippen LogP) is 4.69. The van der Waals surface area contributed by atoms with Gasteiger partial charge in [-0.3, -0.25) is 9.69 Å². The van der Waals surface area contributed by atoms with Crippen LogP contribution in [-0.2, 0) is 18.9 Å². The summed E-state index contributed by atoms with van der Waals surface area (Å²) in [7, 11) is 1.56. The normalized spacial score (nSPS) is 15.8. The molecule has 4 nitrogen and oxygen atoms in total. The monoisotopic (exact) mass is 446 g/mol. The van der Waals surface area contributed by atoms with E-state index in [1.54, 1.807) is 7.11 Å². The van der Waals surface area contributed by atoms with Gasteiger partial charge in [-0.15, -0.1) is 0 Å². The van der Waals surface area contributed by atoms with Crippen molar-refractivity contribution in [2.45, 2.75) is 18.9 Å². The molecule has 0 radical (unpaired) electrons. The average molecular weight is 446 g/mol. The van der Waals surface area contributed by atoms with E-state index in [9.17, 15) is 31.1 Å². The molecule has 0 bridgehead atoms. The molecule has 31 heavy (non-hydrogen) atoms. The Labute approximate surface area is 175 Å². The van der Waals surface area contributed by atoms with Crippen molar-refractivity contribution in [1.82, 2.24) is 9.80 Å². The number of ether oxygens (including phenoxy) is 1. The Morgan fingerprint density at radius 3 is 1.84 bits per heavy atom. The van der Waals surface area contributed by atoms with Crippen molar-refractivity contribution in [3.8, 4) is 5.75 Å². The summed E-state index contributed by atoms with van der Waals surface area (Å²) >= 11 is 0. The molecule has 10 heteroatoms. The maximum absolute atomic E-state index is 13.0. The predicted molar refractivity (Wildman–Crippen MR) is 101 cm³/mol. The molecule has 0 atom stereocenters. The first kappa shape index (κ1) is 22.9. The number of methoxy groups -OCH3 is 1. The van der Waals surface area contributed by atoms with Crippen LogP contribution in [-0.4, -0.2) is 49.0 Å². The fourth-order valence-electron chi connectivity index (χ4n) is 3.36. The number of carbonyl (C=O) groups is 1. The first-order valence-electron chi connectivity index (χ1n) is 9.41. The number of hydrogen-bond donors (Lipinski definition) is 0. The van der Waals surface area contributed by atoms with Crippen LogP contribution in [0.25, 0.3) is 0 Å². The summed E-state index contributed by atoms with van der Waals surface area (Å²) in [5.41, 5.74) is -2.59. The molecule has 0 unspecified atom stereocenters. The van der Waals surface area contributed by atoms with Gasteiger partial charge in [0.15, 0.2) is 0 Å². The average Bonchev–Trinajstić information content (AvgIpc) is 2.73. The number of alkyl halides is 6. The minimum absolute atomic E-state index is 0.0174. The third-order valence-electron chi connectivity index (χ3n) is 5.06. The van der Waals surface area contributed by atoms with E-state index in [0.717, 1.165) is 11.3 Å². The van der Waals surface area contributed by atoms with Gasteiger partial charge in [0.2, 0.25) is 0 Å². The van der Waals surface area contributed by atoms with Gasteiger partial charge in [-0.2, -0.15) is 26.3 Å². The highest BCUT2D eigenvalue weighted by Crippen LogP contribution is 2.36. The Hall–Kier alpha value is -2.75. The summed E-state index contributed by atoms with van der Waals surface area (Å²) in [6.07, 6.45) is -9.99. The summed E-state index contributed by atoms with van der Waals surface area (Å²) in [6, 6.07) is 8.41. The van der Waals surface area contributed by atoms with E-state index < -0.39 is 35.0 Å². The van der Waals surface area contributed by atoms with Crippen LogP contribution in [0.4, 0.5) is 26.3 Å². The summed E-state index contributed by atoms with van der Waals surface area (Å²) in [5, 5.41) is 0. The molecule has 1 amide bonds. The van der Waals surface area contributed by atoms with Crippen LogP contribution < -0.4 is 4.74 Å². The van der Waals surface area contributed by atoms with Crippen molar-refractivity contribution in [3.63, 3.8) is 0 Å². The Morgan fingerprint density at radius 2 is 1.39 bits per heavy atom. The maximum atomic E-state index is 13.0. The maximum Gasteiger partial charge on any atom is 0.416 e. The topological polar surface area (TPSA) is 32.8 Å². The van der Waals surface area contributed by atoms with E-state index in [0.29, 0.717) is 31.8 Å². The fourth-order valence-corrected chi connectivity index (χ4v) is 3.36. The minimum Gasteiger partial charge on any atom is -0.497 e. The molecule has 0 spiro atoms. The quantitative estimate of drug-likeness (QED) is 0.639. The molecule has 0 aromatic heterocycles. The molecule has 2 aromatic rings. The molecule has 0 aliphatic carbocycles. The molecule has 2 aromatic carbocycles. The van der Waals surface area contributed by atoms with E-state index in [1.165, 1.54) is 4.90 Å². The lowest BCUT2D eigenvalue weighted by Gasteiger charge is -2.35. The van der Waals surface area contributed by atoms with Gasteiger partial charge in [-0.05, 0) is 35.9 Å². The highest BCUT2D eigenvalue weighted by Gasteiger charge is 2.38. The Bertz CT molecular complexity index is 885. The van der Waals surface area contributed by atoms with Crippen molar-refractivity contribution in [3.05, 3.63) is 64.7 Å². The largest absolute Gasteiger partial charge is 0.497 e. The fraction of sp³-hybridized carbons (Fsp3) is 0.381. The Kier molecular flexibility index (Phi) is 6.49. The van der Waals surface area contributed by atoms with E-state index in [-0.39, 0.29) is 19.2 Å². The number of amides is 1. The lowest BCUT2D eigenvalue weighted by atomic mass is 10.0. The Morgan fingerprint density at radius 1 is 0.871 bits per heavy atom. The van der Waals surface area contributed by atoms with Crippen LogP contribution >= 0.6 is 0 Å². The highest BCUT2D eigenvalue weighted by atomic mass is 19.4. The second kappa shape index (κ2) is 8.78. The zero-order valence-corrected chi connectivity index (χ0v) is 16.6. The molecule has 0 N–H and O–H groups in total. The molecule has 1 fully saturated rings. The van der Waals surface area contributed by atoms with E-state index in [1.807, 2.05) is 24.3 Å². The van der Waals surface area contributed by atoms with Crippen LogP contribution in [0.15, 0.2) is 42.5 Å². The van der Waals surface area contributed by atoms with Crippen molar-refractivity contribution >= 4 is 5.91 Å². The molecule has 1 heterocycles. The number of hydrogen-bond acceptors (Lipinski definition) is 3. The van der Waals surface area contributed by atoms with Crippen LogP contribution in [0.1, 0.15) is 27.0 Å². The van der Waals surface area contributed by atoms with Crippen LogP contribution in [0.2, 0.25) is 0 Å². The third-order valence-corrected chi connectivity index (χ3v) is 5.06. The number of benzene rings is 2. The number of nitrogens with zero attached hydrogens (tertiary/aromatic N) is 2. The van der Waals surface area contributed by atoms with Gasteiger partial charge in [-0.1, -0.05) is 12.1 Å². The minimum atomic E-state index is -4.99. The molecule has 1 saturated heterocycles. The molecule has 1 aliphatic rings. The van der Waals surface area contributed by atoms with Gasteiger partial charge in [0, 0.05) is 38.3 Å². The SMILES string of the molecule is COc1ccc(CN2CCN(C(=O)c3cc(C(F)(F)F)cc(C(F)(F)F)c3)CC2)cc1.